The van der Waals surface area contributed by atoms with Crippen molar-refractivity contribution in [2.24, 2.45) is 11.8 Å². The molecule has 2 aliphatic carbocycles. The maximum absolute atomic E-state index is 12.8. The molecule has 0 aliphatic heterocycles. The Morgan fingerprint density at radius 1 is 1.18 bits per heavy atom. The van der Waals surface area contributed by atoms with E-state index in [4.69, 9.17) is 5.26 Å². The molecule has 1 atom stereocenters. The van der Waals surface area contributed by atoms with Crippen molar-refractivity contribution in [3.8, 4) is 6.07 Å². The fourth-order valence-electron chi connectivity index (χ4n) is 3.59. The molecule has 2 saturated carbocycles. The van der Waals surface area contributed by atoms with Crippen LogP contribution in [0.4, 0.5) is 0 Å². The van der Waals surface area contributed by atoms with E-state index >= 15 is 0 Å². The molecule has 0 aromatic heterocycles. The van der Waals surface area contributed by atoms with E-state index in [2.05, 4.69) is 29.7 Å². The number of amides is 1. The first-order chi connectivity index (χ1) is 10.5. The molecule has 2 fully saturated rings. The summed E-state index contributed by atoms with van der Waals surface area (Å²) in [7, 11) is 0. The smallest absolute Gasteiger partial charge is 0.237 e. The van der Waals surface area contributed by atoms with Crippen molar-refractivity contribution in [3.63, 3.8) is 0 Å². The average Bonchev–Trinajstić information content (AvgIpc) is 3.33. The zero-order valence-electron chi connectivity index (χ0n) is 14.4. The molecule has 4 nitrogen and oxygen atoms in total. The van der Waals surface area contributed by atoms with Crippen molar-refractivity contribution in [1.82, 2.24) is 9.80 Å². The van der Waals surface area contributed by atoms with Gasteiger partial charge in [0.05, 0.1) is 18.5 Å². The van der Waals surface area contributed by atoms with Gasteiger partial charge in [0.15, 0.2) is 0 Å². The zero-order chi connectivity index (χ0) is 16.1. The van der Waals surface area contributed by atoms with E-state index < -0.39 is 0 Å². The lowest BCUT2D eigenvalue weighted by Gasteiger charge is -2.37. The van der Waals surface area contributed by atoms with Crippen molar-refractivity contribution in [2.45, 2.75) is 71.4 Å². The maximum Gasteiger partial charge on any atom is 0.237 e. The number of carbonyl (C=O) groups excluding carboxylic acids is 1. The number of nitrogens with zero attached hydrogens (tertiary/aromatic N) is 3. The van der Waals surface area contributed by atoms with Gasteiger partial charge in [-0.1, -0.05) is 13.8 Å². The molecule has 2 rings (SSSR count). The minimum Gasteiger partial charge on any atom is -0.336 e. The first-order valence-electron chi connectivity index (χ1n) is 8.98. The third-order valence-corrected chi connectivity index (χ3v) is 5.17. The van der Waals surface area contributed by atoms with Gasteiger partial charge in [0.25, 0.3) is 0 Å². The van der Waals surface area contributed by atoms with Crippen molar-refractivity contribution in [1.29, 1.82) is 5.26 Å². The van der Waals surface area contributed by atoms with Crippen LogP contribution >= 0.6 is 0 Å². The molecule has 1 unspecified atom stereocenters. The topological polar surface area (TPSA) is 47.3 Å². The summed E-state index contributed by atoms with van der Waals surface area (Å²) >= 11 is 0. The monoisotopic (exact) mass is 305 g/mol. The summed E-state index contributed by atoms with van der Waals surface area (Å²) in [5.74, 6) is 1.09. The first kappa shape index (κ1) is 17.3. The highest BCUT2D eigenvalue weighted by molar-refractivity contribution is 5.79. The van der Waals surface area contributed by atoms with Crippen molar-refractivity contribution >= 4 is 5.91 Å². The van der Waals surface area contributed by atoms with Crippen LogP contribution in [-0.4, -0.2) is 47.4 Å². The van der Waals surface area contributed by atoms with E-state index in [1.807, 2.05) is 6.92 Å². The molecule has 2 aliphatic rings. The number of likely N-dealkylation sites (N-methyl/N-ethyl adjacent to an activating group) is 1. The minimum atomic E-state index is -0.0161. The molecule has 4 heteroatoms. The van der Waals surface area contributed by atoms with Crippen LogP contribution in [0.2, 0.25) is 0 Å². The Bertz CT molecular complexity index is 405. The summed E-state index contributed by atoms with van der Waals surface area (Å²) in [4.78, 5) is 17.2. The molecule has 0 N–H and O–H groups in total. The molecule has 0 saturated heterocycles. The maximum atomic E-state index is 12.8. The summed E-state index contributed by atoms with van der Waals surface area (Å²) in [5, 5.41) is 8.98. The third-order valence-electron chi connectivity index (χ3n) is 5.17. The average molecular weight is 305 g/mol. The second-order valence-corrected chi connectivity index (χ2v) is 7.30. The lowest BCUT2D eigenvalue weighted by molar-refractivity contribution is -0.136. The molecular weight excluding hydrogens is 274 g/mol. The lowest BCUT2D eigenvalue weighted by Crippen LogP contribution is -2.48. The second-order valence-electron chi connectivity index (χ2n) is 7.30. The van der Waals surface area contributed by atoms with Gasteiger partial charge in [-0.25, -0.2) is 0 Å². The molecule has 0 aromatic rings. The third kappa shape index (κ3) is 4.71. The molecule has 22 heavy (non-hydrogen) atoms. The van der Waals surface area contributed by atoms with Crippen LogP contribution in [-0.2, 0) is 4.79 Å². The number of rotatable bonds is 7. The Morgan fingerprint density at radius 3 is 2.18 bits per heavy atom. The normalized spacial score (nSPS) is 26.5. The van der Waals surface area contributed by atoms with E-state index in [0.717, 1.165) is 12.5 Å². The molecule has 0 spiro atoms. The quantitative estimate of drug-likeness (QED) is 0.726. The Kier molecular flexibility index (Phi) is 6.26. The fraction of sp³-hybridized carbons (Fsp3) is 0.889. The van der Waals surface area contributed by atoms with Gasteiger partial charge >= 0.3 is 0 Å². The van der Waals surface area contributed by atoms with E-state index in [1.54, 1.807) is 0 Å². The van der Waals surface area contributed by atoms with Gasteiger partial charge in [-0.2, -0.15) is 5.26 Å². The number of nitriles is 1. The van der Waals surface area contributed by atoms with Crippen LogP contribution in [0, 0.1) is 23.2 Å². The van der Waals surface area contributed by atoms with E-state index in [-0.39, 0.29) is 11.8 Å². The van der Waals surface area contributed by atoms with Crippen LogP contribution < -0.4 is 0 Å². The van der Waals surface area contributed by atoms with Crippen LogP contribution in [0.5, 0.6) is 0 Å². The second kappa shape index (κ2) is 7.97. The molecule has 0 radical (unpaired) electrons. The van der Waals surface area contributed by atoms with Crippen LogP contribution in [0.1, 0.15) is 59.3 Å². The predicted molar refractivity (Wildman–Crippen MR) is 88.2 cm³/mol. The number of hydrogen-bond donors (Lipinski definition) is 0. The van der Waals surface area contributed by atoms with Gasteiger partial charge in [-0.05, 0) is 57.9 Å². The van der Waals surface area contributed by atoms with Crippen LogP contribution in [0.15, 0.2) is 0 Å². The summed E-state index contributed by atoms with van der Waals surface area (Å²) < 4.78 is 0. The highest BCUT2D eigenvalue weighted by Gasteiger charge is 2.38. The van der Waals surface area contributed by atoms with Gasteiger partial charge in [0.2, 0.25) is 5.91 Å². The van der Waals surface area contributed by atoms with E-state index in [9.17, 15) is 4.79 Å². The molecule has 0 heterocycles. The highest BCUT2D eigenvalue weighted by Crippen LogP contribution is 2.35. The summed E-state index contributed by atoms with van der Waals surface area (Å²) in [6, 6.07) is 3.23. The molecule has 0 aromatic carbocycles. The van der Waals surface area contributed by atoms with Crippen LogP contribution in [0.25, 0.3) is 0 Å². The Labute approximate surface area is 135 Å². The highest BCUT2D eigenvalue weighted by atomic mass is 16.2. The number of carbonyl (C=O) groups is 1. The van der Waals surface area contributed by atoms with Crippen molar-refractivity contribution in [3.05, 3.63) is 0 Å². The van der Waals surface area contributed by atoms with Gasteiger partial charge in [0.1, 0.15) is 0 Å². The largest absolute Gasteiger partial charge is 0.336 e. The van der Waals surface area contributed by atoms with E-state index in [0.29, 0.717) is 25.2 Å². The molecule has 0 bridgehead atoms. The van der Waals surface area contributed by atoms with Gasteiger partial charge in [-0.15, -0.1) is 0 Å². The van der Waals surface area contributed by atoms with E-state index in [1.165, 1.54) is 38.5 Å². The predicted octanol–water partition coefficient (Wildman–Crippen LogP) is 3.04. The Hall–Kier alpha value is -1.08. The van der Waals surface area contributed by atoms with Crippen molar-refractivity contribution in [2.75, 3.05) is 19.6 Å². The lowest BCUT2D eigenvalue weighted by atomic mass is 9.86. The standard InChI is InChI=1S/C18H31N3O/c1-4-20(12-15(3)11-19)13-18(22)21(17-9-10-17)16-7-5-14(2)6-8-16/h14-17H,4-10,12-13H2,1-3H3. The SMILES string of the molecule is CCN(CC(=O)N(C1CCC(C)CC1)C1CC1)CC(C)C#N. The summed E-state index contributed by atoms with van der Waals surface area (Å²) in [5.41, 5.74) is 0. The van der Waals surface area contributed by atoms with Gasteiger partial charge in [0, 0.05) is 18.6 Å². The summed E-state index contributed by atoms with van der Waals surface area (Å²) in [6.07, 6.45) is 7.21. The van der Waals surface area contributed by atoms with Gasteiger partial charge < -0.3 is 4.90 Å². The molecular formula is C18H31N3O. The van der Waals surface area contributed by atoms with Crippen molar-refractivity contribution < 1.29 is 4.79 Å². The molecule has 124 valence electrons. The Morgan fingerprint density at radius 2 is 1.73 bits per heavy atom. The minimum absolute atomic E-state index is 0.0161. The Balaban J connectivity index is 1.93. The zero-order valence-corrected chi connectivity index (χ0v) is 14.4. The van der Waals surface area contributed by atoms with Gasteiger partial charge in [-0.3, -0.25) is 9.69 Å². The fourth-order valence-corrected chi connectivity index (χ4v) is 3.59. The number of hydrogen-bond acceptors (Lipinski definition) is 3. The molecule has 1 amide bonds. The summed E-state index contributed by atoms with van der Waals surface area (Å²) in [6.45, 7) is 8.32. The van der Waals surface area contributed by atoms with Crippen LogP contribution in [0.3, 0.4) is 0 Å². The first-order valence-corrected chi connectivity index (χ1v) is 8.98.